The van der Waals surface area contributed by atoms with Gasteiger partial charge in [-0.1, -0.05) is 88.8 Å². The van der Waals surface area contributed by atoms with E-state index in [0.717, 1.165) is 51.2 Å². The highest BCUT2D eigenvalue weighted by Gasteiger charge is 2.14. The molecule has 0 fully saturated rings. The van der Waals surface area contributed by atoms with Gasteiger partial charge in [0.15, 0.2) is 5.82 Å². The second kappa shape index (κ2) is 8.81. The lowest BCUT2D eigenvalue weighted by Crippen LogP contribution is -1.99. The Labute approximate surface area is 221 Å². The van der Waals surface area contributed by atoms with E-state index in [-0.39, 0.29) is 0 Å². The van der Waals surface area contributed by atoms with Crippen LogP contribution in [0, 0.1) is 0 Å². The predicted octanol–water partition coefficient (Wildman–Crippen LogP) is 9.83. The summed E-state index contributed by atoms with van der Waals surface area (Å²) in [6, 6.07) is 30.3. The number of hydrogen-bond donors (Lipinski definition) is 0. The van der Waals surface area contributed by atoms with Crippen molar-refractivity contribution >= 4 is 63.8 Å². The van der Waals surface area contributed by atoms with Gasteiger partial charge in [0, 0.05) is 41.3 Å². The molecule has 6 aromatic rings. The summed E-state index contributed by atoms with van der Waals surface area (Å²) < 4.78 is 3.65. The van der Waals surface area contributed by atoms with Gasteiger partial charge in [-0.15, -0.1) is 11.3 Å². The third-order valence-corrected chi connectivity index (χ3v) is 8.42. The average Bonchev–Trinajstić information content (AvgIpc) is 3.32. The van der Waals surface area contributed by atoms with E-state index in [1.54, 1.807) is 0 Å². The summed E-state index contributed by atoms with van der Waals surface area (Å²) in [7, 11) is 0. The van der Waals surface area contributed by atoms with E-state index in [0.29, 0.717) is 0 Å². The molecule has 0 amide bonds. The molecule has 1 aliphatic carbocycles. The van der Waals surface area contributed by atoms with Crippen molar-refractivity contribution in [2.24, 2.45) is 0 Å². The van der Waals surface area contributed by atoms with Gasteiger partial charge in [0.1, 0.15) is 0 Å². The number of aromatic nitrogens is 2. The predicted molar refractivity (Wildman–Crippen MR) is 157 cm³/mol. The van der Waals surface area contributed by atoms with Crippen LogP contribution in [-0.2, 0) is 0 Å². The maximum Gasteiger partial charge on any atom is 0.160 e. The van der Waals surface area contributed by atoms with E-state index in [4.69, 9.17) is 9.97 Å². The van der Waals surface area contributed by atoms with Crippen LogP contribution in [0.15, 0.2) is 108 Å². The van der Waals surface area contributed by atoms with Gasteiger partial charge in [-0.25, -0.2) is 9.97 Å². The number of allylic oxidation sites excluding steroid dienone is 4. The fraction of sp³-hybridized carbons (Fsp3) is 0.0625. The standard InChI is InChI=1S/C32H21BrN2S/c33-24-14-10-21(11-15-24)27-19-28(35-32(34-27)22-7-2-1-3-8-22)23-12-16-26-30(18-23)36-29-17-13-20-6-4-5-9-25(20)31(26)29/h2,4-19H,1,3H2. The molecule has 0 unspecified atom stereocenters. The molecule has 2 heterocycles. The maximum atomic E-state index is 5.05. The van der Waals surface area contributed by atoms with Crippen LogP contribution in [0.4, 0.5) is 0 Å². The minimum Gasteiger partial charge on any atom is -0.228 e. The fourth-order valence-corrected chi connectivity index (χ4v) is 6.40. The Morgan fingerprint density at radius 3 is 2.33 bits per heavy atom. The first-order chi connectivity index (χ1) is 17.7. The smallest absolute Gasteiger partial charge is 0.160 e. The molecule has 0 radical (unpaired) electrons. The van der Waals surface area contributed by atoms with Crippen LogP contribution in [0.2, 0.25) is 0 Å². The number of nitrogens with zero attached hydrogens (tertiary/aromatic N) is 2. The van der Waals surface area contributed by atoms with Crippen molar-refractivity contribution in [3.63, 3.8) is 0 Å². The summed E-state index contributed by atoms with van der Waals surface area (Å²) >= 11 is 5.40. The maximum absolute atomic E-state index is 5.05. The van der Waals surface area contributed by atoms with Gasteiger partial charge < -0.3 is 0 Å². The Balaban J connectivity index is 1.42. The summed E-state index contributed by atoms with van der Waals surface area (Å²) in [5.74, 6) is 0.781. The van der Waals surface area contributed by atoms with Crippen LogP contribution >= 0.6 is 27.3 Å². The minimum atomic E-state index is 0.781. The van der Waals surface area contributed by atoms with E-state index < -0.39 is 0 Å². The Kier molecular flexibility index (Phi) is 5.30. The highest BCUT2D eigenvalue weighted by molar-refractivity contribution is 9.10. The molecule has 4 aromatic carbocycles. The Morgan fingerprint density at radius 2 is 1.50 bits per heavy atom. The van der Waals surface area contributed by atoms with Crippen LogP contribution in [0.1, 0.15) is 18.7 Å². The quantitative estimate of drug-likeness (QED) is 0.221. The van der Waals surface area contributed by atoms with E-state index in [9.17, 15) is 0 Å². The largest absolute Gasteiger partial charge is 0.228 e. The minimum absolute atomic E-state index is 0.781. The first-order valence-corrected chi connectivity index (χ1v) is 13.7. The van der Waals surface area contributed by atoms with Gasteiger partial charge in [0.25, 0.3) is 0 Å². The molecule has 0 atom stereocenters. The lowest BCUT2D eigenvalue weighted by atomic mass is 10.0. The molecule has 0 spiro atoms. The molecule has 0 bridgehead atoms. The molecule has 0 aliphatic heterocycles. The molecule has 0 N–H and O–H groups in total. The van der Waals surface area contributed by atoms with Gasteiger partial charge in [-0.2, -0.15) is 0 Å². The Hall–Kier alpha value is -3.60. The van der Waals surface area contributed by atoms with Crippen molar-refractivity contribution in [3.05, 3.63) is 113 Å². The van der Waals surface area contributed by atoms with Crippen molar-refractivity contribution in [2.75, 3.05) is 0 Å². The fourth-order valence-electron chi connectivity index (χ4n) is 4.98. The zero-order valence-electron chi connectivity index (χ0n) is 19.4. The third kappa shape index (κ3) is 3.78. The molecule has 2 nitrogen and oxygen atoms in total. The molecule has 0 saturated heterocycles. The summed E-state index contributed by atoms with van der Waals surface area (Å²) in [6.45, 7) is 0. The second-order valence-electron chi connectivity index (χ2n) is 9.08. The number of benzene rings is 4. The highest BCUT2D eigenvalue weighted by Crippen LogP contribution is 2.40. The van der Waals surface area contributed by atoms with Gasteiger partial charge >= 0.3 is 0 Å². The SMILES string of the molecule is Brc1ccc(-c2cc(-c3ccc4c(c3)sc3ccc5ccccc5c34)nc(C3=CCCC=C3)n2)cc1. The topological polar surface area (TPSA) is 25.8 Å². The molecule has 0 saturated carbocycles. The number of thiophene rings is 1. The molecule has 2 aromatic heterocycles. The number of halogens is 1. The lowest BCUT2D eigenvalue weighted by Gasteiger charge is -2.11. The number of rotatable bonds is 3. The average molecular weight is 546 g/mol. The first-order valence-electron chi connectivity index (χ1n) is 12.1. The number of hydrogen-bond acceptors (Lipinski definition) is 3. The zero-order valence-corrected chi connectivity index (χ0v) is 21.8. The number of fused-ring (bicyclic) bond motifs is 5. The van der Waals surface area contributed by atoms with E-state index in [2.05, 4.69) is 119 Å². The van der Waals surface area contributed by atoms with Crippen LogP contribution in [0.5, 0.6) is 0 Å². The molecular formula is C32H21BrN2S. The zero-order chi connectivity index (χ0) is 24.1. The lowest BCUT2D eigenvalue weighted by molar-refractivity contribution is 1.03. The second-order valence-corrected chi connectivity index (χ2v) is 11.1. The molecule has 7 rings (SSSR count). The van der Waals surface area contributed by atoms with Crippen LogP contribution < -0.4 is 0 Å². The molecule has 172 valence electrons. The third-order valence-electron chi connectivity index (χ3n) is 6.78. The van der Waals surface area contributed by atoms with Crippen molar-refractivity contribution < 1.29 is 0 Å². The Bertz CT molecular complexity index is 1840. The first kappa shape index (κ1) is 21.7. The van der Waals surface area contributed by atoms with Crippen LogP contribution in [-0.4, -0.2) is 9.97 Å². The molecule has 1 aliphatic rings. The van der Waals surface area contributed by atoms with Crippen LogP contribution in [0.3, 0.4) is 0 Å². The van der Waals surface area contributed by atoms with Crippen molar-refractivity contribution in [2.45, 2.75) is 12.8 Å². The Morgan fingerprint density at radius 1 is 0.694 bits per heavy atom. The van der Waals surface area contributed by atoms with Crippen molar-refractivity contribution in [1.82, 2.24) is 9.97 Å². The normalized spacial score (nSPS) is 13.5. The molecular weight excluding hydrogens is 524 g/mol. The summed E-state index contributed by atoms with van der Waals surface area (Å²) in [5, 5.41) is 5.24. The van der Waals surface area contributed by atoms with Gasteiger partial charge in [-0.05, 0) is 53.9 Å². The van der Waals surface area contributed by atoms with Gasteiger partial charge in [-0.3, -0.25) is 0 Å². The van der Waals surface area contributed by atoms with E-state index >= 15 is 0 Å². The molecule has 36 heavy (non-hydrogen) atoms. The summed E-state index contributed by atoms with van der Waals surface area (Å²) in [4.78, 5) is 10.0. The van der Waals surface area contributed by atoms with E-state index in [1.807, 2.05) is 11.3 Å². The summed E-state index contributed by atoms with van der Waals surface area (Å²) in [6.07, 6.45) is 8.69. The van der Waals surface area contributed by atoms with Gasteiger partial charge in [0.05, 0.1) is 11.4 Å². The van der Waals surface area contributed by atoms with Crippen LogP contribution in [0.25, 0.3) is 59.0 Å². The monoisotopic (exact) mass is 544 g/mol. The highest BCUT2D eigenvalue weighted by atomic mass is 79.9. The van der Waals surface area contributed by atoms with Crippen molar-refractivity contribution in [3.8, 4) is 22.5 Å². The van der Waals surface area contributed by atoms with E-state index in [1.165, 1.54) is 30.9 Å². The van der Waals surface area contributed by atoms with Gasteiger partial charge in [0.2, 0.25) is 0 Å². The molecule has 4 heteroatoms. The summed E-state index contributed by atoms with van der Waals surface area (Å²) in [5.41, 5.74) is 5.17. The van der Waals surface area contributed by atoms with Crippen molar-refractivity contribution in [1.29, 1.82) is 0 Å².